The average molecular weight is 537 g/mol. The number of nitrogens with one attached hydrogen (secondary N) is 1. The van der Waals surface area contributed by atoms with E-state index in [1.54, 1.807) is 0 Å². The molecular weight excluding hydrogens is 508 g/mol. The van der Waals surface area contributed by atoms with Crippen LogP contribution in [0.1, 0.15) is 38.8 Å². The zero-order chi connectivity index (χ0) is 26.3. The van der Waals surface area contributed by atoms with Crippen molar-refractivity contribution in [3.8, 4) is 5.95 Å². The molecule has 0 bridgehead atoms. The number of carbonyl (C=O) groups is 1. The molecule has 4 heterocycles. The van der Waals surface area contributed by atoms with E-state index in [0.29, 0.717) is 15.6 Å². The third-order valence-electron chi connectivity index (χ3n) is 6.69. The van der Waals surface area contributed by atoms with Gasteiger partial charge in [0.25, 0.3) is 5.95 Å². The van der Waals surface area contributed by atoms with Crippen LogP contribution in [0, 0.1) is 0 Å². The van der Waals surface area contributed by atoms with Crippen molar-refractivity contribution in [1.29, 1.82) is 0 Å². The number of imidazole rings is 1. The third kappa shape index (κ3) is 4.54. The Morgan fingerprint density at radius 3 is 2.65 bits per heavy atom. The van der Waals surface area contributed by atoms with Crippen LogP contribution < -0.4 is 9.62 Å². The van der Waals surface area contributed by atoms with E-state index in [4.69, 9.17) is 4.74 Å². The number of aromatic nitrogens is 6. The monoisotopic (exact) mass is 536 g/mol. The van der Waals surface area contributed by atoms with Gasteiger partial charge in [-0.15, -0.1) is 0 Å². The number of hydrogen-bond acceptors (Lipinski definition) is 12. The fourth-order valence-corrected chi connectivity index (χ4v) is 5.46. The predicted octanol–water partition coefficient (Wildman–Crippen LogP) is -0.709. The summed E-state index contributed by atoms with van der Waals surface area (Å²) in [6.45, 7) is 0.938. The van der Waals surface area contributed by atoms with E-state index >= 15 is 0 Å². The van der Waals surface area contributed by atoms with Crippen molar-refractivity contribution in [3.05, 3.63) is 18.7 Å². The van der Waals surface area contributed by atoms with E-state index in [1.165, 1.54) is 34.9 Å². The Bertz CT molecular complexity index is 1390. The molecule has 5 rings (SSSR count). The number of anilines is 2. The summed E-state index contributed by atoms with van der Waals surface area (Å²) in [4.78, 5) is 25.1. The van der Waals surface area contributed by atoms with Gasteiger partial charge in [0.2, 0.25) is 16.4 Å². The average Bonchev–Trinajstić information content (AvgIpc) is 3.68. The summed E-state index contributed by atoms with van der Waals surface area (Å²) < 4.78 is 33.5. The van der Waals surface area contributed by atoms with E-state index < -0.39 is 41.2 Å². The third-order valence-corrected chi connectivity index (χ3v) is 8.31. The maximum Gasteiger partial charge on any atom is 0.254 e. The molecule has 2 aliphatic rings. The highest BCUT2D eigenvalue weighted by Crippen LogP contribution is 2.33. The minimum Gasteiger partial charge on any atom is -0.394 e. The number of rotatable bonds is 9. The maximum atomic E-state index is 12.3. The van der Waals surface area contributed by atoms with E-state index in [2.05, 4.69) is 25.4 Å². The van der Waals surface area contributed by atoms with Crippen LogP contribution in [0.15, 0.2) is 18.7 Å². The molecule has 200 valence electrons. The molecule has 1 saturated carbocycles. The van der Waals surface area contributed by atoms with Crippen molar-refractivity contribution in [3.63, 3.8) is 0 Å². The molecule has 1 aliphatic carbocycles. The molecule has 4 atom stereocenters. The lowest BCUT2D eigenvalue weighted by molar-refractivity contribution is -0.106. The van der Waals surface area contributed by atoms with Crippen LogP contribution in [0.25, 0.3) is 17.1 Å². The number of ether oxygens (including phenoxy) is 1. The molecule has 2 fully saturated rings. The fraction of sp³-hybridized carbons (Fsp3) is 0.571. The summed E-state index contributed by atoms with van der Waals surface area (Å²) in [5, 5.41) is 37.8. The van der Waals surface area contributed by atoms with Gasteiger partial charge in [0.1, 0.15) is 18.3 Å². The van der Waals surface area contributed by atoms with Gasteiger partial charge in [0.05, 0.1) is 36.8 Å². The first kappa shape index (κ1) is 25.5. The second-order valence-electron chi connectivity index (χ2n) is 9.00. The Morgan fingerprint density at radius 2 is 2.00 bits per heavy atom. The number of aliphatic hydroxyl groups is 3. The van der Waals surface area contributed by atoms with Crippen LogP contribution >= 0.6 is 0 Å². The second kappa shape index (κ2) is 9.94. The Kier molecular flexibility index (Phi) is 6.84. The first-order valence-electron chi connectivity index (χ1n) is 11.9. The van der Waals surface area contributed by atoms with Crippen molar-refractivity contribution in [2.45, 2.75) is 63.2 Å². The van der Waals surface area contributed by atoms with E-state index in [0.717, 1.165) is 25.7 Å². The molecule has 3 aromatic rings. The van der Waals surface area contributed by atoms with Crippen LogP contribution in [0.4, 0.5) is 11.5 Å². The van der Waals surface area contributed by atoms with E-state index in [9.17, 15) is 28.5 Å². The quantitative estimate of drug-likeness (QED) is 0.251. The van der Waals surface area contributed by atoms with Crippen molar-refractivity contribution < 1.29 is 33.3 Å². The Balaban J connectivity index is 1.59. The van der Waals surface area contributed by atoms with Gasteiger partial charge >= 0.3 is 0 Å². The molecular formula is C21H28N8O7S. The summed E-state index contributed by atoms with van der Waals surface area (Å²) in [5.74, 6) is 0.175. The second-order valence-corrected chi connectivity index (χ2v) is 11.1. The normalized spacial score (nSPS) is 24.6. The van der Waals surface area contributed by atoms with Crippen LogP contribution in [0.5, 0.6) is 0 Å². The highest BCUT2D eigenvalue weighted by atomic mass is 32.2. The van der Waals surface area contributed by atoms with Gasteiger partial charge in [-0.3, -0.25) is 9.36 Å². The number of aliphatic hydroxyl groups excluding tert-OH is 3. The van der Waals surface area contributed by atoms with Crippen molar-refractivity contribution in [2.75, 3.05) is 22.0 Å². The smallest absolute Gasteiger partial charge is 0.254 e. The Morgan fingerprint density at radius 1 is 1.24 bits per heavy atom. The molecule has 4 N–H and O–H groups in total. The molecule has 1 amide bonds. The minimum atomic E-state index is -3.86. The molecule has 1 aliphatic heterocycles. The zero-order valence-electron chi connectivity index (χ0n) is 20.0. The summed E-state index contributed by atoms with van der Waals surface area (Å²) in [5.41, 5.74) is 0.664. The summed E-state index contributed by atoms with van der Waals surface area (Å²) in [6.07, 6.45) is 3.45. The lowest BCUT2D eigenvalue weighted by atomic mass is 10.1. The van der Waals surface area contributed by atoms with Crippen LogP contribution in [0.3, 0.4) is 0 Å². The number of carbonyl (C=O) groups excluding carboxylic acids is 1. The van der Waals surface area contributed by atoms with Crippen molar-refractivity contribution in [1.82, 2.24) is 29.3 Å². The van der Waals surface area contributed by atoms with Crippen LogP contribution in [-0.2, 0) is 19.6 Å². The standard InChI is InChI=1S/C21H28N8O7S/c1-2-37(34,35)29(11-31)13-7-23-28(8-13)21-25-18(24-12-5-3-4-6-12)15-19(26-21)27(10-22-15)20-17(33)16(32)14(9-30)36-20/h7-8,10-12,14,16-17,20,30,32-33H,2-6,9H2,1H3,(H,24,25,26)/t14-,16?,17?,20-/m1/s1. The number of nitrogens with zero attached hydrogens (tertiary/aromatic N) is 7. The van der Waals surface area contributed by atoms with E-state index in [1.807, 2.05) is 0 Å². The number of amides is 1. The molecule has 3 aromatic heterocycles. The molecule has 2 unspecified atom stereocenters. The van der Waals surface area contributed by atoms with Crippen LogP contribution in [-0.4, -0.2) is 96.2 Å². The van der Waals surface area contributed by atoms with Gasteiger partial charge in [-0.05, 0) is 19.8 Å². The highest BCUT2D eigenvalue weighted by molar-refractivity contribution is 7.93. The van der Waals surface area contributed by atoms with Gasteiger partial charge in [-0.25, -0.2) is 22.4 Å². The summed E-state index contributed by atoms with van der Waals surface area (Å²) >= 11 is 0. The van der Waals surface area contributed by atoms with Crippen LogP contribution in [0.2, 0.25) is 0 Å². The molecule has 0 radical (unpaired) electrons. The molecule has 0 aromatic carbocycles. The SMILES string of the molecule is CCS(=O)(=O)N(C=O)c1cnn(-c2nc(NC3CCCC3)c3ncn([C@@H]4O[C@H](CO)C(O)C4O)c3n2)c1. The topological polar surface area (TPSA) is 198 Å². The summed E-state index contributed by atoms with van der Waals surface area (Å²) in [7, 11) is -3.86. The van der Waals surface area contributed by atoms with Crippen molar-refractivity contribution >= 4 is 39.1 Å². The largest absolute Gasteiger partial charge is 0.394 e. The number of sulfonamides is 1. The Hall–Kier alpha value is -3.18. The summed E-state index contributed by atoms with van der Waals surface area (Å²) in [6, 6.07) is 0.165. The van der Waals surface area contributed by atoms with Crippen molar-refractivity contribution in [2.24, 2.45) is 0 Å². The molecule has 37 heavy (non-hydrogen) atoms. The Labute approximate surface area is 211 Å². The van der Waals surface area contributed by atoms with Gasteiger partial charge in [-0.1, -0.05) is 12.8 Å². The lowest BCUT2D eigenvalue weighted by Crippen LogP contribution is -2.33. The molecule has 1 saturated heterocycles. The minimum absolute atomic E-state index is 0.0165. The first-order valence-corrected chi connectivity index (χ1v) is 13.5. The lowest BCUT2D eigenvalue weighted by Gasteiger charge is -2.18. The molecule has 0 spiro atoms. The molecule has 16 heteroatoms. The first-order chi connectivity index (χ1) is 17.8. The van der Waals surface area contributed by atoms with Gasteiger partial charge < -0.3 is 25.4 Å². The maximum absolute atomic E-state index is 12.3. The van der Waals surface area contributed by atoms with Gasteiger partial charge in [0, 0.05) is 6.04 Å². The van der Waals surface area contributed by atoms with E-state index in [-0.39, 0.29) is 35.5 Å². The van der Waals surface area contributed by atoms with Gasteiger partial charge in [-0.2, -0.15) is 15.1 Å². The van der Waals surface area contributed by atoms with Gasteiger partial charge in [0.15, 0.2) is 23.2 Å². The highest BCUT2D eigenvalue weighted by Gasteiger charge is 2.44. The number of fused-ring (bicyclic) bond motifs is 1. The molecule has 15 nitrogen and oxygen atoms in total. The predicted molar refractivity (Wildman–Crippen MR) is 129 cm³/mol. The number of hydrogen-bond donors (Lipinski definition) is 4. The fourth-order valence-electron chi connectivity index (χ4n) is 4.63. The zero-order valence-corrected chi connectivity index (χ0v) is 20.8.